The van der Waals surface area contributed by atoms with Gasteiger partial charge in [0.25, 0.3) is 0 Å². The zero-order valence-electron chi connectivity index (χ0n) is 13.5. The third kappa shape index (κ3) is 2.67. The molecule has 3 unspecified atom stereocenters. The van der Waals surface area contributed by atoms with Gasteiger partial charge in [-0.1, -0.05) is 37.1 Å². The molecule has 1 heterocycles. The maximum Gasteiger partial charge on any atom is 0.340 e. The van der Waals surface area contributed by atoms with Gasteiger partial charge in [-0.25, -0.2) is 4.79 Å². The summed E-state index contributed by atoms with van der Waals surface area (Å²) in [6, 6.07) is 6.89. The third-order valence-electron chi connectivity index (χ3n) is 5.58. The van der Waals surface area contributed by atoms with Crippen molar-refractivity contribution in [2.24, 2.45) is 5.92 Å². The van der Waals surface area contributed by atoms with Crippen LogP contribution in [0.4, 0.5) is 0 Å². The SMILES string of the molecule is CN1CCC(O)C1c1ccccc1C(O)(C(=O)O)C1CCCC1. The maximum absolute atomic E-state index is 12.0. The molecule has 3 rings (SSSR count). The Balaban J connectivity index is 2.09. The lowest BCUT2D eigenvalue weighted by atomic mass is 9.76. The Morgan fingerprint density at radius 2 is 1.87 bits per heavy atom. The standard InChI is InChI=1S/C18H25NO4/c1-19-11-10-15(20)16(19)13-8-4-5-9-14(13)18(23,17(21)22)12-6-2-3-7-12/h4-5,8-9,12,15-16,20,23H,2-3,6-7,10-11H2,1H3,(H,21,22). The fourth-order valence-corrected chi connectivity index (χ4v) is 4.33. The van der Waals surface area contributed by atoms with Gasteiger partial charge in [-0.2, -0.15) is 0 Å². The van der Waals surface area contributed by atoms with E-state index in [1.54, 1.807) is 12.1 Å². The van der Waals surface area contributed by atoms with E-state index in [2.05, 4.69) is 0 Å². The molecule has 2 fully saturated rings. The topological polar surface area (TPSA) is 81.0 Å². The molecule has 126 valence electrons. The highest BCUT2D eigenvalue weighted by Gasteiger charge is 2.49. The largest absolute Gasteiger partial charge is 0.479 e. The van der Waals surface area contributed by atoms with Gasteiger partial charge in [0.1, 0.15) is 0 Å². The minimum absolute atomic E-state index is 0.265. The minimum atomic E-state index is -1.88. The van der Waals surface area contributed by atoms with Crippen LogP contribution in [0.1, 0.15) is 49.3 Å². The van der Waals surface area contributed by atoms with Crippen LogP contribution in [0.2, 0.25) is 0 Å². The summed E-state index contributed by atoms with van der Waals surface area (Å²) in [7, 11) is 1.92. The molecule has 0 bridgehead atoms. The predicted octanol–water partition coefficient (Wildman–Crippen LogP) is 1.89. The van der Waals surface area contributed by atoms with E-state index < -0.39 is 17.7 Å². The van der Waals surface area contributed by atoms with Gasteiger partial charge in [0.2, 0.25) is 0 Å². The number of nitrogens with zero attached hydrogens (tertiary/aromatic N) is 1. The van der Waals surface area contributed by atoms with Crippen LogP contribution in [0.5, 0.6) is 0 Å². The second-order valence-electron chi connectivity index (χ2n) is 6.92. The molecule has 1 aliphatic carbocycles. The van der Waals surface area contributed by atoms with Gasteiger partial charge < -0.3 is 15.3 Å². The van der Waals surface area contributed by atoms with E-state index in [0.29, 0.717) is 12.0 Å². The van der Waals surface area contributed by atoms with E-state index in [1.807, 2.05) is 24.1 Å². The Kier molecular flexibility index (Phi) is 4.45. The van der Waals surface area contributed by atoms with Crippen molar-refractivity contribution in [1.29, 1.82) is 0 Å². The van der Waals surface area contributed by atoms with Gasteiger partial charge in [0.05, 0.1) is 12.1 Å². The van der Waals surface area contributed by atoms with Crippen molar-refractivity contribution in [3.8, 4) is 0 Å². The highest BCUT2D eigenvalue weighted by molar-refractivity contribution is 5.80. The van der Waals surface area contributed by atoms with Gasteiger partial charge in [0, 0.05) is 12.5 Å². The molecule has 5 heteroatoms. The molecule has 0 aromatic heterocycles. The number of aliphatic carboxylic acids is 1. The first kappa shape index (κ1) is 16.4. The van der Waals surface area contributed by atoms with E-state index in [4.69, 9.17) is 0 Å². The zero-order chi connectivity index (χ0) is 16.6. The summed E-state index contributed by atoms with van der Waals surface area (Å²) in [4.78, 5) is 14.0. The first-order valence-corrected chi connectivity index (χ1v) is 8.39. The second kappa shape index (κ2) is 6.23. The molecule has 1 aliphatic heterocycles. The first-order valence-electron chi connectivity index (χ1n) is 8.39. The Morgan fingerprint density at radius 3 is 2.43 bits per heavy atom. The molecular formula is C18H25NO4. The molecule has 1 aromatic rings. The average Bonchev–Trinajstić information content (AvgIpc) is 3.17. The number of carbonyl (C=O) groups is 1. The minimum Gasteiger partial charge on any atom is -0.479 e. The van der Waals surface area contributed by atoms with E-state index >= 15 is 0 Å². The number of rotatable bonds is 4. The molecule has 1 saturated heterocycles. The van der Waals surface area contributed by atoms with Crippen molar-refractivity contribution < 1.29 is 20.1 Å². The van der Waals surface area contributed by atoms with Gasteiger partial charge in [0.15, 0.2) is 5.60 Å². The fraction of sp³-hybridized carbons (Fsp3) is 0.611. The second-order valence-corrected chi connectivity index (χ2v) is 6.92. The van der Waals surface area contributed by atoms with Crippen LogP contribution in [0.15, 0.2) is 24.3 Å². The number of hydrogen-bond acceptors (Lipinski definition) is 4. The third-order valence-corrected chi connectivity index (χ3v) is 5.58. The Hall–Kier alpha value is -1.43. The number of aliphatic hydroxyl groups excluding tert-OH is 1. The number of aliphatic hydroxyl groups is 2. The lowest BCUT2D eigenvalue weighted by molar-refractivity contribution is -0.166. The maximum atomic E-state index is 12.0. The molecule has 5 nitrogen and oxygen atoms in total. The van der Waals surface area contributed by atoms with Crippen LogP contribution >= 0.6 is 0 Å². The first-order chi connectivity index (χ1) is 11.0. The van der Waals surface area contributed by atoms with Gasteiger partial charge >= 0.3 is 5.97 Å². The van der Waals surface area contributed by atoms with Crippen molar-refractivity contribution in [3.63, 3.8) is 0 Å². The number of carboxylic acid groups (broad SMARTS) is 1. The van der Waals surface area contributed by atoms with E-state index in [-0.39, 0.29) is 12.0 Å². The van der Waals surface area contributed by atoms with E-state index in [1.165, 1.54) is 0 Å². The molecule has 0 amide bonds. The smallest absolute Gasteiger partial charge is 0.340 e. The number of benzene rings is 1. The molecule has 3 atom stereocenters. The predicted molar refractivity (Wildman–Crippen MR) is 85.9 cm³/mol. The van der Waals surface area contributed by atoms with Crippen LogP contribution in [0, 0.1) is 5.92 Å². The zero-order valence-corrected chi connectivity index (χ0v) is 13.5. The molecule has 1 saturated carbocycles. The summed E-state index contributed by atoms with van der Waals surface area (Å²) in [5, 5.41) is 31.3. The molecule has 0 spiro atoms. The number of likely N-dealkylation sites (N-methyl/N-ethyl adjacent to an activating group) is 1. The van der Waals surface area contributed by atoms with Gasteiger partial charge in [-0.05, 0) is 37.4 Å². The average molecular weight is 319 g/mol. The van der Waals surface area contributed by atoms with Crippen molar-refractivity contribution in [1.82, 2.24) is 4.90 Å². The summed E-state index contributed by atoms with van der Waals surface area (Å²) >= 11 is 0. The lowest BCUT2D eigenvalue weighted by Crippen LogP contribution is -2.43. The fourth-order valence-electron chi connectivity index (χ4n) is 4.33. The van der Waals surface area contributed by atoms with Crippen LogP contribution in [-0.2, 0) is 10.4 Å². The van der Waals surface area contributed by atoms with Crippen LogP contribution < -0.4 is 0 Å². The normalized spacial score (nSPS) is 28.8. The molecule has 2 aliphatic rings. The molecule has 3 N–H and O–H groups in total. The molecule has 23 heavy (non-hydrogen) atoms. The summed E-state index contributed by atoms with van der Waals surface area (Å²) in [6.45, 7) is 0.759. The Morgan fingerprint density at radius 1 is 1.22 bits per heavy atom. The monoisotopic (exact) mass is 319 g/mol. The highest BCUT2D eigenvalue weighted by atomic mass is 16.4. The van der Waals surface area contributed by atoms with Crippen molar-refractivity contribution in [3.05, 3.63) is 35.4 Å². The molecule has 1 aromatic carbocycles. The molecule has 0 radical (unpaired) electrons. The summed E-state index contributed by atoms with van der Waals surface area (Å²) in [6.07, 6.45) is 3.47. The summed E-state index contributed by atoms with van der Waals surface area (Å²) in [5.74, 6) is -1.46. The Bertz CT molecular complexity index is 574. The van der Waals surface area contributed by atoms with E-state index in [9.17, 15) is 20.1 Å². The van der Waals surface area contributed by atoms with Crippen LogP contribution in [0.25, 0.3) is 0 Å². The van der Waals surface area contributed by atoms with E-state index in [0.717, 1.165) is 37.8 Å². The van der Waals surface area contributed by atoms with Crippen molar-refractivity contribution in [2.75, 3.05) is 13.6 Å². The number of hydrogen-bond donors (Lipinski definition) is 3. The van der Waals surface area contributed by atoms with Gasteiger partial charge in [-0.3, -0.25) is 4.90 Å². The number of carboxylic acids is 1. The Labute approximate surface area is 136 Å². The highest BCUT2D eigenvalue weighted by Crippen LogP contribution is 2.44. The summed E-state index contributed by atoms with van der Waals surface area (Å²) in [5.41, 5.74) is -0.704. The quantitative estimate of drug-likeness (QED) is 0.789. The van der Waals surface area contributed by atoms with Crippen LogP contribution in [-0.4, -0.2) is 45.9 Å². The lowest BCUT2D eigenvalue weighted by Gasteiger charge is -2.35. The number of likely N-dealkylation sites (tertiary alicyclic amines) is 1. The van der Waals surface area contributed by atoms with Crippen LogP contribution in [0.3, 0.4) is 0 Å². The van der Waals surface area contributed by atoms with Gasteiger partial charge in [-0.15, -0.1) is 0 Å². The summed E-state index contributed by atoms with van der Waals surface area (Å²) < 4.78 is 0. The van der Waals surface area contributed by atoms with Crippen molar-refractivity contribution in [2.45, 2.75) is 49.9 Å². The van der Waals surface area contributed by atoms with Crippen molar-refractivity contribution >= 4 is 5.97 Å². The molecular weight excluding hydrogens is 294 g/mol.